The predicted octanol–water partition coefficient (Wildman–Crippen LogP) is 1.18. The SMILES string of the molecule is CCC(N)(C#N)CCCN1CCN2CCCC2C1. The number of hydrogen-bond donors (Lipinski definition) is 1. The van der Waals surface area contributed by atoms with Crippen LogP contribution in [-0.4, -0.2) is 54.1 Å². The zero-order valence-corrected chi connectivity index (χ0v) is 11.6. The Morgan fingerprint density at radius 1 is 1.39 bits per heavy atom. The summed E-state index contributed by atoms with van der Waals surface area (Å²) in [6.07, 6.45) is 5.36. The van der Waals surface area contributed by atoms with E-state index in [1.165, 1.54) is 39.0 Å². The molecule has 2 saturated heterocycles. The first-order valence-electron chi connectivity index (χ1n) is 7.33. The molecule has 4 heteroatoms. The molecule has 18 heavy (non-hydrogen) atoms. The van der Waals surface area contributed by atoms with Crippen LogP contribution in [-0.2, 0) is 0 Å². The van der Waals surface area contributed by atoms with Crippen molar-refractivity contribution in [3.8, 4) is 6.07 Å². The summed E-state index contributed by atoms with van der Waals surface area (Å²) in [6, 6.07) is 3.05. The average Bonchev–Trinajstić information content (AvgIpc) is 2.86. The highest BCUT2D eigenvalue weighted by Gasteiger charge is 2.30. The minimum atomic E-state index is -0.602. The summed E-state index contributed by atoms with van der Waals surface area (Å²) in [6.45, 7) is 8.04. The lowest BCUT2D eigenvalue weighted by Gasteiger charge is -2.37. The highest BCUT2D eigenvalue weighted by Crippen LogP contribution is 2.22. The van der Waals surface area contributed by atoms with Gasteiger partial charge in [0.15, 0.2) is 0 Å². The molecule has 2 unspecified atom stereocenters. The number of nitrogens with zero attached hydrogens (tertiary/aromatic N) is 3. The lowest BCUT2D eigenvalue weighted by Crippen LogP contribution is -2.50. The molecule has 2 heterocycles. The molecule has 0 bridgehead atoms. The first-order valence-corrected chi connectivity index (χ1v) is 7.33. The Morgan fingerprint density at radius 3 is 2.94 bits per heavy atom. The van der Waals surface area contributed by atoms with Gasteiger partial charge in [-0.05, 0) is 45.2 Å². The van der Waals surface area contributed by atoms with Gasteiger partial charge >= 0.3 is 0 Å². The smallest absolute Gasteiger partial charge is 0.104 e. The van der Waals surface area contributed by atoms with E-state index in [4.69, 9.17) is 11.0 Å². The fraction of sp³-hybridized carbons (Fsp3) is 0.929. The fourth-order valence-electron chi connectivity index (χ4n) is 3.19. The molecule has 0 aromatic carbocycles. The number of nitriles is 1. The van der Waals surface area contributed by atoms with Crippen molar-refractivity contribution in [1.82, 2.24) is 9.80 Å². The Kier molecular flexibility index (Phi) is 4.60. The van der Waals surface area contributed by atoms with Gasteiger partial charge in [-0.3, -0.25) is 4.90 Å². The quantitative estimate of drug-likeness (QED) is 0.796. The third-order valence-electron chi connectivity index (χ3n) is 4.62. The second-order valence-corrected chi connectivity index (χ2v) is 5.86. The first kappa shape index (κ1) is 13.8. The van der Waals surface area contributed by atoms with Crippen LogP contribution in [0.5, 0.6) is 0 Å². The summed E-state index contributed by atoms with van der Waals surface area (Å²) in [7, 11) is 0. The molecule has 4 nitrogen and oxygen atoms in total. The van der Waals surface area contributed by atoms with Gasteiger partial charge in [-0.2, -0.15) is 5.26 Å². The van der Waals surface area contributed by atoms with Crippen molar-refractivity contribution in [2.24, 2.45) is 5.73 Å². The lowest BCUT2D eigenvalue weighted by atomic mass is 9.93. The van der Waals surface area contributed by atoms with E-state index in [0.29, 0.717) is 0 Å². The molecule has 0 radical (unpaired) electrons. The van der Waals surface area contributed by atoms with Gasteiger partial charge in [-0.15, -0.1) is 0 Å². The van der Waals surface area contributed by atoms with Crippen LogP contribution in [0.4, 0.5) is 0 Å². The monoisotopic (exact) mass is 250 g/mol. The average molecular weight is 250 g/mol. The van der Waals surface area contributed by atoms with Gasteiger partial charge in [-0.1, -0.05) is 6.92 Å². The minimum Gasteiger partial charge on any atom is -0.313 e. The summed E-state index contributed by atoms with van der Waals surface area (Å²) < 4.78 is 0. The van der Waals surface area contributed by atoms with E-state index in [9.17, 15) is 0 Å². The maximum atomic E-state index is 9.05. The Bertz CT molecular complexity index is 311. The van der Waals surface area contributed by atoms with Gasteiger partial charge in [0.25, 0.3) is 0 Å². The normalized spacial score (nSPS) is 28.6. The van der Waals surface area contributed by atoms with E-state index >= 15 is 0 Å². The highest BCUT2D eigenvalue weighted by molar-refractivity contribution is 5.03. The Labute approximate surface area is 111 Å². The van der Waals surface area contributed by atoms with Crippen LogP contribution < -0.4 is 5.73 Å². The molecular weight excluding hydrogens is 224 g/mol. The molecule has 0 spiro atoms. The van der Waals surface area contributed by atoms with E-state index in [1.54, 1.807) is 0 Å². The first-order chi connectivity index (χ1) is 8.67. The number of rotatable bonds is 5. The molecule has 0 aromatic rings. The topological polar surface area (TPSA) is 56.3 Å². The van der Waals surface area contributed by atoms with Crippen molar-refractivity contribution in [3.63, 3.8) is 0 Å². The van der Waals surface area contributed by atoms with Gasteiger partial charge in [0.05, 0.1) is 6.07 Å². The van der Waals surface area contributed by atoms with Crippen molar-refractivity contribution in [3.05, 3.63) is 0 Å². The van der Waals surface area contributed by atoms with Crippen LogP contribution >= 0.6 is 0 Å². The summed E-state index contributed by atoms with van der Waals surface area (Å²) in [5, 5.41) is 9.05. The number of piperazine rings is 1. The molecule has 102 valence electrons. The van der Waals surface area contributed by atoms with Gasteiger partial charge in [0.1, 0.15) is 5.54 Å². The van der Waals surface area contributed by atoms with Crippen LogP contribution in [0.15, 0.2) is 0 Å². The fourth-order valence-corrected chi connectivity index (χ4v) is 3.19. The largest absolute Gasteiger partial charge is 0.313 e. The van der Waals surface area contributed by atoms with Crippen molar-refractivity contribution < 1.29 is 0 Å². The molecule has 2 atom stereocenters. The van der Waals surface area contributed by atoms with Crippen LogP contribution in [0, 0.1) is 11.3 Å². The molecule has 2 aliphatic heterocycles. The Hall–Kier alpha value is -0.630. The van der Waals surface area contributed by atoms with Gasteiger partial charge in [0, 0.05) is 25.7 Å². The summed E-state index contributed by atoms with van der Waals surface area (Å²) in [5.41, 5.74) is 5.41. The minimum absolute atomic E-state index is 0.602. The van der Waals surface area contributed by atoms with Gasteiger partial charge in [0.2, 0.25) is 0 Å². The maximum absolute atomic E-state index is 9.05. The van der Waals surface area contributed by atoms with Gasteiger partial charge < -0.3 is 10.6 Å². The van der Waals surface area contributed by atoms with Crippen molar-refractivity contribution in [2.75, 3.05) is 32.7 Å². The van der Waals surface area contributed by atoms with Crippen LogP contribution in [0.25, 0.3) is 0 Å². The second-order valence-electron chi connectivity index (χ2n) is 5.86. The molecule has 0 saturated carbocycles. The third kappa shape index (κ3) is 3.23. The number of fused-ring (bicyclic) bond motifs is 1. The summed E-state index contributed by atoms with van der Waals surface area (Å²) in [5.74, 6) is 0. The zero-order valence-electron chi connectivity index (χ0n) is 11.6. The summed E-state index contributed by atoms with van der Waals surface area (Å²) >= 11 is 0. The van der Waals surface area contributed by atoms with Crippen molar-refractivity contribution in [2.45, 2.75) is 50.6 Å². The highest BCUT2D eigenvalue weighted by atomic mass is 15.3. The van der Waals surface area contributed by atoms with Crippen LogP contribution in [0.1, 0.15) is 39.0 Å². The summed E-state index contributed by atoms with van der Waals surface area (Å²) in [4.78, 5) is 5.19. The Balaban J connectivity index is 1.70. The predicted molar refractivity (Wildman–Crippen MR) is 73.1 cm³/mol. The zero-order chi connectivity index (χ0) is 13.0. The van der Waals surface area contributed by atoms with Crippen LogP contribution in [0.3, 0.4) is 0 Å². The van der Waals surface area contributed by atoms with E-state index in [-0.39, 0.29) is 0 Å². The number of nitrogens with two attached hydrogens (primary N) is 1. The van der Waals surface area contributed by atoms with E-state index < -0.39 is 5.54 Å². The molecule has 2 rings (SSSR count). The molecule has 0 amide bonds. The molecule has 2 N–H and O–H groups in total. The Morgan fingerprint density at radius 2 is 2.22 bits per heavy atom. The van der Waals surface area contributed by atoms with E-state index in [2.05, 4.69) is 15.9 Å². The standard InChI is InChI=1S/C14H26N4/c1-2-14(16,12-15)6-4-7-17-9-10-18-8-3-5-13(18)11-17/h13H,2-11,16H2,1H3. The maximum Gasteiger partial charge on any atom is 0.104 e. The third-order valence-corrected chi connectivity index (χ3v) is 4.62. The number of hydrogen-bond acceptors (Lipinski definition) is 4. The molecular formula is C14H26N4. The van der Waals surface area contributed by atoms with Crippen molar-refractivity contribution in [1.29, 1.82) is 5.26 Å². The second kappa shape index (κ2) is 6.01. The van der Waals surface area contributed by atoms with Crippen molar-refractivity contribution >= 4 is 0 Å². The molecule has 2 fully saturated rings. The molecule has 0 aliphatic carbocycles. The lowest BCUT2D eigenvalue weighted by molar-refractivity contribution is 0.102. The van der Waals surface area contributed by atoms with Crippen LogP contribution in [0.2, 0.25) is 0 Å². The molecule has 2 aliphatic rings. The van der Waals surface area contributed by atoms with E-state index in [1.807, 2.05) is 6.92 Å². The van der Waals surface area contributed by atoms with E-state index in [0.717, 1.165) is 31.8 Å². The van der Waals surface area contributed by atoms with Gasteiger partial charge in [-0.25, -0.2) is 0 Å². The molecule has 0 aromatic heterocycles.